The number of amides is 1. The average Bonchev–Trinajstić information content (AvgIpc) is 2.42. The molecule has 0 aliphatic carbocycles. The van der Waals surface area contributed by atoms with Crippen molar-refractivity contribution < 1.29 is 19.1 Å². The molecule has 0 saturated heterocycles. The average molecular weight is 263 g/mol. The van der Waals surface area contributed by atoms with E-state index in [9.17, 15) is 9.18 Å². The molecule has 98 valence electrons. The van der Waals surface area contributed by atoms with Crippen molar-refractivity contribution in [2.75, 3.05) is 0 Å². The van der Waals surface area contributed by atoms with Crippen LogP contribution in [0.5, 0.6) is 11.6 Å². The summed E-state index contributed by atoms with van der Waals surface area (Å²) in [6.07, 6.45) is 2.82. The number of aromatic nitrogens is 2. The minimum Gasteiger partial charge on any atom is -0.436 e. The number of ether oxygens (including phenoxy) is 1. The molecule has 1 aromatic heterocycles. The predicted molar refractivity (Wildman–Crippen MR) is 62.5 cm³/mol. The zero-order valence-corrected chi connectivity index (χ0v) is 9.92. The number of carbonyl (C=O) groups is 1. The molecule has 0 fully saturated rings. The third-order valence-electron chi connectivity index (χ3n) is 2.35. The normalized spacial score (nSPS) is 10.1. The highest BCUT2D eigenvalue weighted by Gasteiger charge is 2.11. The maximum atomic E-state index is 13.7. The first kappa shape index (κ1) is 12.9. The molecular formula is C12H10FN3O3. The fourth-order valence-corrected chi connectivity index (χ4v) is 1.39. The van der Waals surface area contributed by atoms with Crippen molar-refractivity contribution in [3.05, 3.63) is 47.7 Å². The highest BCUT2D eigenvalue weighted by molar-refractivity contribution is 5.93. The van der Waals surface area contributed by atoms with Gasteiger partial charge in [0.15, 0.2) is 11.6 Å². The number of nitrogens with zero attached hydrogens (tertiary/aromatic N) is 2. The Morgan fingerprint density at radius 1 is 1.47 bits per heavy atom. The van der Waals surface area contributed by atoms with Crippen LogP contribution >= 0.6 is 0 Å². The van der Waals surface area contributed by atoms with Gasteiger partial charge in [-0.2, -0.15) is 0 Å². The van der Waals surface area contributed by atoms with Crippen LogP contribution in [0.25, 0.3) is 0 Å². The molecular weight excluding hydrogens is 253 g/mol. The SMILES string of the molecule is Cc1cncnc1Oc1ccc(C(=O)NO)cc1F. The number of hydrogen-bond acceptors (Lipinski definition) is 5. The quantitative estimate of drug-likeness (QED) is 0.652. The second-order valence-corrected chi connectivity index (χ2v) is 3.70. The van der Waals surface area contributed by atoms with Gasteiger partial charge in [0.05, 0.1) is 0 Å². The summed E-state index contributed by atoms with van der Waals surface area (Å²) in [6.45, 7) is 1.72. The number of benzene rings is 1. The van der Waals surface area contributed by atoms with E-state index in [1.165, 1.54) is 30.1 Å². The van der Waals surface area contributed by atoms with Crippen molar-refractivity contribution in [1.29, 1.82) is 0 Å². The van der Waals surface area contributed by atoms with Crippen LogP contribution in [0.1, 0.15) is 15.9 Å². The summed E-state index contributed by atoms with van der Waals surface area (Å²) in [5.41, 5.74) is 2.05. The highest BCUT2D eigenvalue weighted by atomic mass is 19.1. The second kappa shape index (κ2) is 5.40. The first-order chi connectivity index (χ1) is 9.11. The smallest absolute Gasteiger partial charge is 0.274 e. The molecule has 0 radical (unpaired) electrons. The van der Waals surface area contributed by atoms with Crippen LogP contribution in [0.3, 0.4) is 0 Å². The van der Waals surface area contributed by atoms with Crippen molar-refractivity contribution in [3.63, 3.8) is 0 Å². The van der Waals surface area contributed by atoms with Gasteiger partial charge >= 0.3 is 0 Å². The molecule has 1 aromatic carbocycles. The van der Waals surface area contributed by atoms with E-state index in [1.54, 1.807) is 6.92 Å². The van der Waals surface area contributed by atoms with Gasteiger partial charge in [-0.3, -0.25) is 10.0 Å². The number of rotatable bonds is 3. The van der Waals surface area contributed by atoms with Gasteiger partial charge in [-0.25, -0.2) is 19.8 Å². The van der Waals surface area contributed by atoms with E-state index < -0.39 is 11.7 Å². The number of carbonyl (C=O) groups excluding carboxylic acids is 1. The molecule has 0 saturated carbocycles. The maximum Gasteiger partial charge on any atom is 0.274 e. The Balaban J connectivity index is 2.27. The number of aryl methyl sites for hydroxylation is 1. The fourth-order valence-electron chi connectivity index (χ4n) is 1.39. The lowest BCUT2D eigenvalue weighted by atomic mass is 10.2. The van der Waals surface area contributed by atoms with Crippen molar-refractivity contribution in [1.82, 2.24) is 15.4 Å². The van der Waals surface area contributed by atoms with E-state index in [-0.39, 0.29) is 17.2 Å². The monoisotopic (exact) mass is 263 g/mol. The van der Waals surface area contributed by atoms with Gasteiger partial charge in [-0.1, -0.05) is 0 Å². The molecule has 2 N–H and O–H groups in total. The summed E-state index contributed by atoms with van der Waals surface area (Å²) in [6, 6.07) is 3.55. The molecule has 2 aromatic rings. The van der Waals surface area contributed by atoms with E-state index in [0.29, 0.717) is 5.56 Å². The van der Waals surface area contributed by atoms with Gasteiger partial charge in [0.2, 0.25) is 5.88 Å². The highest BCUT2D eigenvalue weighted by Crippen LogP contribution is 2.25. The summed E-state index contributed by atoms with van der Waals surface area (Å²) in [4.78, 5) is 18.8. The molecule has 0 aliphatic rings. The van der Waals surface area contributed by atoms with Gasteiger partial charge in [0.1, 0.15) is 6.33 Å². The number of nitrogens with one attached hydrogen (secondary N) is 1. The van der Waals surface area contributed by atoms with Crippen LogP contribution < -0.4 is 10.2 Å². The fraction of sp³-hybridized carbons (Fsp3) is 0.0833. The summed E-state index contributed by atoms with van der Waals surface area (Å²) in [7, 11) is 0. The van der Waals surface area contributed by atoms with Crippen LogP contribution in [0, 0.1) is 12.7 Å². The standard InChI is InChI=1S/C12H10FN3O3/c1-7-5-14-6-15-12(7)19-10-3-2-8(4-9(10)13)11(17)16-18/h2-6,18H,1H3,(H,16,17). The van der Waals surface area contributed by atoms with Crippen LogP contribution in [0.15, 0.2) is 30.7 Å². The molecule has 0 spiro atoms. The summed E-state index contributed by atoms with van der Waals surface area (Å²) in [5, 5.41) is 8.45. The van der Waals surface area contributed by atoms with Gasteiger partial charge in [-0.15, -0.1) is 0 Å². The zero-order chi connectivity index (χ0) is 13.8. The van der Waals surface area contributed by atoms with E-state index in [2.05, 4.69) is 9.97 Å². The number of hydrogen-bond donors (Lipinski definition) is 2. The van der Waals surface area contributed by atoms with Crippen LogP contribution in [-0.2, 0) is 0 Å². The van der Waals surface area contributed by atoms with E-state index in [0.717, 1.165) is 6.07 Å². The molecule has 0 unspecified atom stereocenters. The molecule has 2 rings (SSSR count). The molecule has 19 heavy (non-hydrogen) atoms. The predicted octanol–water partition coefficient (Wildman–Crippen LogP) is 1.84. The lowest BCUT2D eigenvalue weighted by Crippen LogP contribution is -2.18. The summed E-state index contributed by atoms with van der Waals surface area (Å²) in [5.74, 6) is -1.38. The van der Waals surface area contributed by atoms with Crippen LogP contribution in [0.2, 0.25) is 0 Å². The molecule has 1 heterocycles. The second-order valence-electron chi connectivity index (χ2n) is 3.70. The lowest BCUT2D eigenvalue weighted by Gasteiger charge is -2.08. The largest absolute Gasteiger partial charge is 0.436 e. The molecule has 0 bridgehead atoms. The third-order valence-corrected chi connectivity index (χ3v) is 2.35. The van der Waals surface area contributed by atoms with Gasteiger partial charge < -0.3 is 4.74 Å². The van der Waals surface area contributed by atoms with Gasteiger partial charge in [0.25, 0.3) is 5.91 Å². The number of hydroxylamine groups is 1. The first-order valence-electron chi connectivity index (χ1n) is 5.30. The Morgan fingerprint density at radius 2 is 2.26 bits per heavy atom. The lowest BCUT2D eigenvalue weighted by molar-refractivity contribution is 0.0706. The minimum atomic E-state index is -0.802. The Hall–Kier alpha value is -2.54. The maximum absolute atomic E-state index is 13.7. The van der Waals surface area contributed by atoms with E-state index in [4.69, 9.17) is 9.94 Å². The Labute approximate surface area is 107 Å². The van der Waals surface area contributed by atoms with Crippen molar-refractivity contribution in [2.24, 2.45) is 0 Å². The molecule has 6 nitrogen and oxygen atoms in total. The third kappa shape index (κ3) is 2.83. The molecule has 1 amide bonds. The van der Waals surface area contributed by atoms with Crippen molar-refractivity contribution in [3.8, 4) is 11.6 Å². The Kier molecular flexibility index (Phi) is 3.67. The van der Waals surface area contributed by atoms with Crippen molar-refractivity contribution >= 4 is 5.91 Å². The topological polar surface area (TPSA) is 84.3 Å². The molecule has 0 aliphatic heterocycles. The Bertz CT molecular complexity index is 619. The van der Waals surface area contributed by atoms with Gasteiger partial charge in [0, 0.05) is 17.3 Å². The van der Waals surface area contributed by atoms with Crippen molar-refractivity contribution in [2.45, 2.75) is 6.92 Å². The van der Waals surface area contributed by atoms with Gasteiger partial charge in [-0.05, 0) is 25.1 Å². The Morgan fingerprint density at radius 3 is 2.89 bits per heavy atom. The minimum absolute atomic E-state index is 0.0215. The molecule has 0 atom stereocenters. The first-order valence-corrected chi connectivity index (χ1v) is 5.30. The van der Waals surface area contributed by atoms with Crippen LogP contribution in [0.4, 0.5) is 4.39 Å². The van der Waals surface area contributed by atoms with E-state index >= 15 is 0 Å². The van der Waals surface area contributed by atoms with Crippen LogP contribution in [-0.4, -0.2) is 21.1 Å². The summed E-state index contributed by atoms with van der Waals surface area (Å²) >= 11 is 0. The number of halogens is 1. The summed E-state index contributed by atoms with van der Waals surface area (Å²) < 4.78 is 19.0. The van der Waals surface area contributed by atoms with E-state index in [1.807, 2.05) is 0 Å². The zero-order valence-electron chi connectivity index (χ0n) is 9.92. The molecule has 7 heteroatoms.